The minimum absolute atomic E-state index is 0.0955. The Hall–Kier alpha value is -7.10. The molecule has 3 aliphatic rings. The van der Waals surface area contributed by atoms with Crippen molar-refractivity contribution in [2.45, 2.75) is 69.6 Å². The fraction of sp³-hybridized carbons (Fsp3) is 0.333. The predicted octanol–water partition coefficient (Wildman–Crippen LogP) is 8.55. The summed E-state index contributed by atoms with van der Waals surface area (Å²) in [6, 6.07) is 22.2. The quantitative estimate of drug-likeness (QED) is 0.106. The number of ether oxygens (including phenoxy) is 2. The third-order valence-electron chi connectivity index (χ3n) is 12.7. The number of methoxy groups -OCH3 is 2. The summed E-state index contributed by atoms with van der Waals surface area (Å²) < 4.78 is 42.7. The van der Waals surface area contributed by atoms with Crippen LogP contribution in [0.2, 0.25) is 0 Å². The lowest BCUT2D eigenvalue weighted by atomic mass is 9.98. The van der Waals surface area contributed by atoms with Gasteiger partial charge in [-0.25, -0.2) is 19.6 Å². The molecule has 0 spiro atoms. The zero-order valence-electron chi connectivity index (χ0n) is 35.8. The second-order valence-corrected chi connectivity index (χ2v) is 16.8. The van der Waals surface area contributed by atoms with Crippen LogP contribution in [0.15, 0.2) is 91.1 Å². The first-order valence-electron chi connectivity index (χ1n) is 21.4. The van der Waals surface area contributed by atoms with Gasteiger partial charge in [0.05, 0.1) is 49.2 Å². The SMILES string of the molecule is COC(=O)N[C@H](C(=O)N1CCC[C@H]1c1nc2ccc(-c3ccc4c(c3)C(F)(F)c3cc(-c5cnc(C6CCCN6C(=O)[C@H](NC(=O)OC)c6ccccc6)[nH]5)ccc3-4)cc2[nH]1)C(C)C. The number of aromatic amines is 2. The third-order valence-corrected chi connectivity index (χ3v) is 12.7. The molecule has 0 radical (unpaired) electrons. The molecule has 16 heteroatoms. The van der Waals surface area contributed by atoms with Crippen LogP contribution < -0.4 is 10.6 Å². The molecule has 0 bridgehead atoms. The highest BCUT2D eigenvalue weighted by atomic mass is 19.3. The molecule has 6 aromatic rings. The van der Waals surface area contributed by atoms with Crippen LogP contribution in [0.4, 0.5) is 18.4 Å². The van der Waals surface area contributed by atoms with Crippen molar-refractivity contribution in [3.8, 4) is 33.5 Å². The molecule has 4 atom stereocenters. The van der Waals surface area contributed by atoms with E-state index in [0.717, 1.165) is 12.0 Å². The maximum Gasteiger partial charge on any atom is 0.407 e. The average Bonchev–Trinajstić information content (AvgIpc) is 4.17. The first-order chi connectivity index (χ1) is 30.9. The summed E-state index contributed by atoms with van der Waals surface area (Å²) in [5.74, 6) is -2.84. The smallest absolute Gasteiger partial charge is 0.407 e. The monoisotopic (exact) mass is 870 g/mol. The molecule has 4 aromatic carbocycles. The number of likely N-dealkylation sites (tertiary alicyclic amines) is 2. The number of alkyl carbamates (subject to hydrolysis) is 2. The number of nitrogens with zero attached hydrogens (tertiary/aromatic N) is 4. The van der Waals surface area contributed by atoms with Gasteiger partial charge in [-0.1, -0.05) is 74.5 Å². The van der Waals surface area contributed by atoms with E-state index in [9.17, 15) is 19.2 Å². The normalized spacial score (nSPS) is 18.4. The van der Waals surface area contributed by atoms with Gasteiger partial charge in [-0.3, -0.25) is 9.59 Å². The predicted molar refractivity (Wildman–Crippen MR) is 234 cm³/mol. The molecule has 9 rings (SSSR count). The van der Waals surface area contributed by atoms with E-state index in [1.807, 2.05) is 44.2 Å². The van der Waals surface area contributed by atoms with Crippen LogP contribution in [-0.2, 0) is 25.0 Å². The van der Waals surface area contributed by atoms with E-state index < -0.39 is 36.2 Å². The first-order valence-corrected chi connectivity index (χ1v) is 21.4. The number of fused-ring (bicyclic) bond motifs is 4. The summed E-state index contributed by atoms with van der Waals surface area (Å²) in [6.07, 6.45) is 3.01. The Bertz CT molecular complexity index is 2770. The van der Waals surface area contributed by atoms with Crippen LogP contribution in [0.3, 0.4) is 0 Å². The number of rotatable bonds is 10. The molecule has 1 unspecified atom stereocenters. The van der Waals surface area contributed by atoms with Crippen LogP contribution in [0, 0.1) is 5.92 Å². The highest BCUT2D eigenvalue weighted by Gasteiger charge is 2.45. The molecular formula is C48H48F2N8O6. The standard InChI is InChI=1S/C48H48F2N8O6/c1-26(2)40(55-46(61)63-3)44(59)58-21-9-13-39(58)43-52-35-19-16-29(24-36(35)53-43)28-14-17-31-32-18-15-30(23-34(32)48(49,50)33(31)22-28)37-25-51-42(54-37)38-12-8-20-57(38)45(60)41(56-47(62)64-4)27-10-6-5-7-11-27/h5-7,10-11,14-19,22-26,38-41H,8-9,12-13,20-21H2,1-4H3,(H,51,54)(H,52,53)(H,55,61)(H,56,62)/t38?,39-,40-,41+/m0/s1. The summed E-state index contributed by atoms with van der Waals surface area (Å²) in [5, 5.41) is 5.34. The minimum Gasteiger partial charge on any atom is -0.453 e. The van der Waals surface area contributed by atoms with Crippen molar-refractivity contribution >= 4 is 35.0 Å². The van der Waals surface area contributed by atoms with E-state index in [2.05, 4.69) is 25.6 Å². The van der Waals surface area contributed by atoms with E-state index in [-0.39, 0.29) is 34.9 Å². The number of H-pyrrole nitrogens is 2. The Balaban J connectivity index is 0.938. The van der Waals surface area contributed by atoms with E-state index in [1.54, 1.807) is 64.5 Å². The number of benzene rings is 4. The lowest BCUT2D eigenvalue weighted by molar-refractivity contribution is -0.135. The van der Waals surface area contributed by atoms with Crippen LogP contribution in [0.25, 0.3) is 44.5 Å². The summed E-state index contributed by atoms with van der Waals surface area (Å²) in [6.45, 7) is 4.70. The van der Waals surface area contributed by atoms with Crippen molar-refractivity contribution < 1.29 is 37.4 Å². The third kappa shape index (κ3) is 7.60. The van der Waals surface area contributed by atoms with Crippen molar-refractivity contribution in [2.75, 3.05) is 27.3 Å². The Kier molecular flexibility index (Phi) is 11.1. The van der Waals surface area contributed by atoms with E-state index in [1.165, 1.54) is 20.3 Å². The van der Waals surface area contributed by atoms with Gasteiger partial charge in [-0.05, 0) is 83.7 Å². The number of amides is 4. The zero-order chi connectivity index (χ0) is 44.9. The number of hydrogen-bond acceptors (Lipinski definition) is 8. The van der Waals surface area contributed by atoms with Crippen LogP contribution >= 0.6 is 0 Å². The minimum atomic E-state index is -3.30. The molecule has 2 fully saturated rings. The fourth-order valence-electron chi connectivity index (χ4n) is 9.37. The Morgan fingerprint density at radius 2 is 1.33 bits per heavy atom. The van der Waals surface area contributed by atoms with E-state index >= 15 is 8.78 Å². The molecule has 0 saturated carbocycles. The van der Waals surface area contributed by atoms with Gasteiger partial charge in [0, 0.05) is 29.8 Å². The van der Waals surface area contributed by atoms with Gasteiger partial charge in [0.15, 0.2) is 0 Å². The highest BCUT2D eigenvalue weighted by Crippen LogP contribution is 2.53. The number of alkyl halides is 2. The second kappa shape index (κ2) is 16.9. The number of carbonyl (C=O) groups is 4. The number of hydrogen-bond donors (Lipinski definition) is 4. The van der Waals surface area contributed by atoms with Crippen molar-refractivity contribution in [3.05, 3.63) is 119 Å². The molecule has 2 saturated heterocycles. The zero-order valence-corrected chi connectivity index (χ0v) is 35.8. The van der Waals surface area contributed by atoms with Gasteiger partial charge in [-0.2, -0.15) is 8.78 Å². The number of aromatic nitrogens is 4. The topological polar surface area (TPSA) is 175 Å². The largest absolute Gasteiger partial charge is 0.453 e. The maximum absolute atomic E-state index is 16.6. The molecule has 64 heavy (non-hydrogen) atoms. The van der Waals surface area contributed by atoms with Gasteiger partial charge in [0.25, 0.3) is 11.8 Å². The summed E-state index contributed by atoms with van der Waals surface area (Å²) in [5.41, 5.74) is 5.07. The van der Waals surface area contributed by atoms with Crippen molar-refractivity contribution in [2.24, 2.45) is 5.92 Å². The van der Waals surface area contributed by atoms with Crippen LogP contribution in [-0.4, -0.2) is 87.1 Å². The Labute approximate surface area is 367 Å². The van der Waals surface area contributed by atoms with Gasteiger partial charge >= 0.3 is 12.2 Å². The number of halogens is 2. The van der Waals surface area contributed by atoms with E-state index in [0.29, 0.717) is 88.5 Å². The van der Waals surface area contributed by atoms with Gasteiger partial charge in [0.1, 0.15) is 23.7 Å². The molecule has 330 valence electrons. The lowest BCUT2D eigenvalue weighted by Crippen LogP contribution is -2.51. The molecule has 4 amide bonds. The highest BCUT2D eigenvalue weighted by molar-refractivity contribution is 5.89. The summed E-state index contributed by atoms with van der Waals surface area (Å²) >= 11 is 0. The molecule has 14 nitrogen and oxygen atoms in total. The molecular weight excluding hydrogens is 823 g/mol. The first kappa shape index (κ1) is 42.2. The number of carbonyl (C=O) groups excluding carboxylic acids is 4. The van der Waals surface area contributed by atoms with Crippen LogP contribution in [0.5, 0.6) is 0 Å². The van der Waals surface area contributed by atoms with Gasteiger partial charge < -0.3 is 39.9 Å². The van der Waals surface area contributed by atoms with Crippen molar-refractivity contribution in [3.63, 3.8) is 0 Å². The maximum atomic E-state index is 16.6. The molecule has 2 aromatic heterocycles. The second-order valence-electron chi connectivity index (χ2n) is 16.8. The van der Waals surface area contributed by atoms with E-state index in [4.69, 9.17) is 14.5 Å². The molecule has 1 aliphatic carbocycles. The fourth-order valence-corrected chi connectivity index (χ4v) is 9.37. The molecule has 2 aliphatic heterocycles. The Morgan fingerprint density at radius 3 is 2.00 bits per heavy atom. The Morgan fingerprint density at radius 1 is 0.734 bits per heavy atom. The van der Waals surface area contributed by atoms with Crippen molar-refractivity contribution in [1.29, 1.82) is 0 Å². The van der Waals surface area contributed by atoms with Gasteiger partial charge in [-0.15, -0.1) is 0 Å². The van der Waals surface area contributed by atoms with Crippen molar-refractivity contribution in [1.82, 2.24) is 40.4 Å². The summed E-state index contributed by atoms with van der Waals surface area (Å²) in [7, 11) is 2.50. The lowest BCUT2D eigenvalue weighted by Gasteiger charge is -2.29. The summed E-state index contributed by atoms with van der Waals surface area (Å²) in [4.78, 5) is 71.6. The number of imidazole rings is 2. The average molecular weight is 871 g/mol. The molecule has 4 heterocycles. The van der Waals surface area contributed by atoms with Gasteiger partial charge in [0.2, 0.25) is 5.91 Å². The molecule has 4 N–H and O–H groups in total. The van der Waals surface area contributed by atoms with Crippen LogP contribution in [0.1, 0.15) is 86.0 Å². The number of nitrogens with one attached hydrogen (secondary N) is 4.